The maximum Gasteiger partial charge on any atom is 0.490 e. The fourth-order valence-electron chi connectivity index (χ4n) is 4.49. The van der Waals surface area contributed by atoms with Gasteiger partial charge in [0.05, 0.1) is 18.8 Å². The van der Waals surface area contributed by atoms with Crippen LogP contribution in [0.25, 0.3) is 0 Å². The number of alkyl halides is 3. The first kappa shape index (κ1) is 25.7. The first-order chi connectivity index (χ1) is 15.7. The summed E-state index contributed by atoms with van der Waals surface area (Å²) in [4.78, 5) is 11.3. The van der Waals surface area contributed by atoms with E-state index in [0.717, 1.165) is 77.5 Å². The molecule has 0 amide bonds. The molecule has 1 unspecified atom stereocenters. The number of carboxylic acids is 1. The largest absolute Gasteiger partial charge is 0.496 e. The molecule has 0 radical (unpaired) electrons. The van der Waals surface area contributed by atoms with E-state index in [0.29, 0.717) is 12.0 Å². The van der Waals surface area contributed by atoms with Crippen molar-refractivity contribution < 1.29 is 42.0 Å². The molecule has 7 nitrogen and oxygen atoms in total. The summed E-state index contributed by atoms with van der Waals surface area (Å²) in [6.45, 7) is 6.39. The van der Waals surface area contributed by atoms with Crippen molar-refractivity contribution in [1.82, 2.24) is 4.90 Å². The standard InChI is InChI=1S/C21H31NO4.C2HF3O2/c1-23-20-5-3-2-4-18(20)13-22-15-21(16-22)12-19(8-11-26-21)25-14-17-6-9-24-10-7-17;3-2(4,5)1(6)7/h2-5,17,19H,6-16H2,1H3;(H,6,7). The summed E-state index contributed by atoms with van der Waals surface area (Å²) in [7, 11) is 1.74. The van der Waals surface area contributed by atoms with Gasteiger partial charge in [0, 0.05) is 58.0 Å². The third-order valence-electron chi connectivity index (χ3n) is 6.21. The van der Waals surface area contributed by atoms with Gasteiger partial charge in [-0.15, -0.1) is 0 Å². The van der Waals surface area contributed by atoms with Gasteiger partial charge in [-0.25, -0.2) is 4.79 Å². The number of nitrogens with zero attached hydrogens (tertiary/aromatic N) is 1. The van der Waals surface area contributed by atoms with Crippen molar-refractivity contribution in [2.45, 2.75) is 50.1 Å². The SMILES string of the molecule is COc1ccccc1CN1CC2(CC(OCC3CCOCC3)CCO2)C1.O=C(O)C(F)(F)F. The van der Waals surface area contributed by atoms with Crippen LogP contribution in [0.5, 0.6) is 5.75 Å². The van der Waals surface area contributed by atoms with Crippen LogP contribution in [-0.2, 0) is 25.5 Å². The van der Waals surface area contributed by atoms with Crippen molar-refractivity contribution in [2.24, 2.45) is 5.92 Å². The summed E-state index contributed by atoms with van der Waals surface area (Å²) in [6, 6.07) is 8.27. The highest BCUT2D eigenvalue weighted by Crippen LogP contribution is 2.37. The zero-order valence-electron chi connectivity index (χ0n) is 18.8. The van der Waals surface area contributed by atoms with E-state index in [1.807, 2.05) is 12.1 Å². The Morgan fingerprint density at radius 1 is 1.18 bits per heavy atom. The number of hydrogen-bond acceptors (Lipinski definition) is 6. The lowest BCUT2D eigenvalue weighted by molar-refractivity contribution is -0.201. The van der Waals surface area contributed by atoms with Gasteiger partial charge in [0.25, 0.3) is 0 Å². The van der Waals surface area contributed by atoms with Crippen LogP contribution in [0.15, 0.2) is 24.3 Å². The second kappa shape index (κ2) is 11.5. The van der Waals surface area contributed by atoms with E-state index < -0.39 is 12.1 Å². The van der Waals surface area contributed by atoms with Crippen LogP contribution in [0.1, 0.15) is 31.2 Å². The minimum absolute atomic E-state index is 0.000603. The average Bonchev–Trinajstić information content (AvgIpc) is 2.78. The summed E-state index contributed by atoms with van der Waals surface area (Å²) in [5.74, 6) is -1.12. The predicted octanol–water partition coefficient (Wildman–Crippen LogP) is 3.51. The first-order valence-corrected chi connectivity index (χ1v) is 11.2. The number of halogens is 3. The molecular weight excluding hydrogens is 443 g/mol. The predicted molar refractivity (Wildman–Crippen MR) is 113 cm³/mol. The molecule has 1 N–H and O–H groups in total. The highest BCUT2D eigenvalue weighted by Gasteiger charge is 2.47. The number of aliphatic carboxylic acids is 1. The van der Waals surface area contributed by atoms with Crippen molar-refractivity contribution in [3.05, 3.63) is 29.8 Å². The Kier molecular flexibility index (Phi) is 8.97. The number of methoxy groups -OCH3 is 1. The molecule has 3 aliphatic heterocycles. The third kappa shape index (κ3) is 7.56. The van der Waals surface area contributed by atoms with Gasteiger partial charge in [0.2, 0.25) is 0 Å². The number of likely N-dealkylation sites (tertiary alicyclic amines) is 1. The normalized spacial score (nSPS) is 23.3. The van der Waals surface area contributed by atoms with Crippen molar-refractivity contribution >= 4 is 5.97 Å². The van der Waals surface area contributed by atoms with E-state index in [1.54, 1.807) is 7.11 Å². The summed E-state index contributed by atoms with van der Waals surface area (Å²) in [5.41, 5.74) is 1.24. The zero-order valence-corrected chi connectivity index (χ0v) is 18.8. The molecule has 1 atom stereocenters. The van der Waals surface area contributed by atoms with E-state index >= 15 is 0 Å². The van der Waals surface area contributed by atoms with E-state index in [2.05, 4.69) is 17.0 Å². The minimum Gasteiger partial charge on any atom is -0.496 e. The molecule has 1 spiro atoms. The molecule has 1 aromatic carbocycles. The number of hydrogen-bond donors (Lipinski definition) is 1. The van der Waals surface area contributed by atoms with E-state index in [4.69, 9.17) is 28.8 Å². The van der Waals surface area contributed by atoms with Crippen LogP contribution in [0, 0.1) is 5.92 Å². The summed E-state index contributed by atoms with van der Waals surface area (Å²) in [6.07, 6.45) is -0.405. The Hall–Kier alpha value is -1.88. The van der Waals surface area contributed by atoms with E-state index in [-0.39, 0.29) is 5.60 Å². The van der Waals surface area contributed by atoms with Gasteiger partial charge in [-0.05, 0) is 31.2 Å². The van der Waals surface area contributed by atoms with Gasteiger partial charge >= 0.3 is 12.1 Å². The third-order valence-corrected chi connectivity index (χ3v) is 6.21. The topological polar surface area (TPSA) is 77.5 Å². The molecule has 10 heteroatoms. The van der Waals surface area contributed by atoms with Gasteiger partial charge < -0.3 is 24.1 Å². The number of ether oxygens (including phenoxy) is 4. The molecule has 0 aliphatic carbocycles. The molecule has 0 aromatic heterocycles. The molecule has 0 bridgehead atoms. The number of carbonyl (C=O) groups is 1. The van der Waals surface area contributed by atoms with Crippen molar-refractivity contribution in [3.8, 4) is 5.75 Å². The average molecular weight is 476 g/mol. The van der Waals surface area contributed by atoms with Crippen LogP contribution in [0.3, 0.4) is 0 Å². The second-order valence-electron chi connectivity index (χ2n) is 8.80. The molecule has 1 aromatic rings. The second-order valence-corrected chi connectivity index (χ2v) is 8.80. The molecular formula is C23H32F3NO6. The van der Waals surface area contributed by atoms with Gasteiger partial charge in [-0.1, -0.05) is 18.2 Å². The first-order valence-electron chi connectivity index (χ1n) is 11.2. The monoisotopic (exact) mass is 475 g/mol. The lowest BCUT2D eigenvalue weighted by atomic mass is 9.84. The molecule has 33 heavy (non-hydrogen) atoms. The zero-order chi connectivity index (χ0) is 23.9. The van der Waals surface area contributed by atoms with Gasteiger partial charge in [-0.3, -0.25) is 4.90 Å². The van der Waals surface area contributed by atoms with Gasteiger partial charge in [0.1, 0.15) is 5.75 Å². The number of para-hydroxylation sites is 1. The summed E-state index contributed by atoms with van der Waals surface area (Å²) < 4.78 is 55.1. The lowest BCUT2D eigenvalue weighted by Gasteiger charge is -2.53. The molecule has 186 valence electrons. The number of carboxylic acid groups (broad SMARTS) is 1. The Balaban J connectivity index is 0.000000383. The Morgan fingerprint density at radius 3 is 2.48 bits per heavy atom. The van der Waals surface area contributed by atoms with Crippen molar-refractivity contribution in [1.29, 1.82) is 0 Å². The van der Waals surface area contributed by atoms with Crippen LogP contribution < -0.4 is 4.74 Å². The summed E-state index contributed by atoms with van der Waals surface area (Å²) >= 11 is 0. The molecule has 0 saturated carbocycles. The molecule has 4 rings (SSSR count). The minimum atomic E-state index is -5.08. The maximum atomic E-state index is 10.6. The van der Waals surface area contributed by atoms with Crippen molar-refractivity contribution in [3.63, 3.8) is 0 Å². The number of benzene rings is 1. The van der Waals surface area contributed by atoms with E-state index in [9.17, 15) is 13.2 Å². The van der Waals surface area contributed by atoms with Crippen LogP contribution in [-0.4, -0.2) is 80.5 Å². The van der Waals surface area contributed by atoms with Crippen molar-refractivity contribution in [2.75, 3.05) is 46.6 Å². The smallest absolute Gasteiger partial charge is 0.490 e. The fourth-order valence-corrected chi connectivity index (χ4v) is 4.49. The van der Waals surface area contributed by atoms with Gasteiger partial charge in [0.15, 0.2) is 0 Å². The van der Waals surface area contributed by atoms with Gasteiger partial charge in [-0.2, -0.15) is 13.2 Å². The van der Waals surface area contributed by atoms with Crippen LogP contribution in [0.2, 0.25) is 0 Å². The van der Waals surface area contributed by atoms with Crippen LogP contribution in [0.4, 0.5) is 13.2 Å². The Bertz CT molecular complexity index is 763. The molecule has 3 heterocycles. The van der Waals surface area contributed by atoms with Crippen LogP contribution >= 0.6 is 0 Å². The molecule has 3 aliphatic rings. The fraction of sp³-hybridized carbons (Fsp3) is 0.696. The highest BCUT2D eigenvalue weighted by molar-refractivity contribution is 5.73. The molecule has 3 saturated heterocycles. The van der Waals surface area contributed by atoms with E-state index in [1.165, 1.54) is 5.56 Å². The maximum absolute atomic E-state index is 10.6. The molecule has 3 fully saturated rings. The quantitative estimate of drug-likeness (QED) is 0.675. The Morgan fingerprint density at radius 2 is 1.85 bits per heavy atom. The highest BCUT2D eigenvalue weighted by atomic mass is 19.4. The lowest BCUT2D eigenvalue weighted by Crippen LogP contribution is -2.65. The summed E-state index contributed by atoms with van der Waals surface area (Å²) in [5, 5.41) is 7.12. The Labute approximate surface area is 191 Å². The number of rotatable bonds is 6.